The molecule has 18 heavy (non-hydrogen) atoms. The number of nitrogens with two attached hydrogens (primary N) is 1. The molecule has 1 fully saturated rings. The molecule has 1 aliphatic heterocycles. The largest absolute Gasteiger partial charge is 0.355 e. The van der Waals surface area contributed by atoms with E-state index < -0.39 is 15.3 Å². The van der Waals surface area contributed by atoms with E-state index in [2.05, 4.69) is 4.98 Å². The van der Waals surface area contributed by atoms with Gasteiger partial charge < -0.3 is 4.90 Å². The van der Waals surface area contributed by atoms with Gasteiger partial charge in [0.05, 0.1) is 10.3 Å². The second-order valence-electron chi connectivity index (χ2n) is 4.06. The molecule has 8 heteroatoms. The molecule has 96 valence electrons. The normalized spacial score (nSPS) is 19.8. The van der Waals surface area contributed by atoms with Crippen LogP contribution in [0.3, 0.4) is 0 Å². The van der Waals surface area contributed by atoms with Gasteiger partial charge in [0, 0.05) is 13.1 Å². The molecule has 0 amide bonds. The van der Waals surface area contributed by atoms with Crippen molar-refractivity contribution in [2.45, 2.75) is 11.7 Å². The van der Waals surface area contributed by atoms with E-state index in [1.54, 1.807) is 17.0 Å². The van der Waals surface area contributed by atoms with E-state index in [4.69, 9.17) is 22.0 Å². The van der Waals surface area contributed by atoms with Gasteiger partial charge in [-0.1, -0.05) is 11.6 Å². The van der Waals surface area contributed by atoms with Gasteiger partial charge in [-0.15, -0.1) is 0 Å². The topological polar surface area (TPSA) is 100 Å². The lowest BCUT2D eigenvalue weighted by Gasteiger charge is -2.17. The van der Waals surface area contributed by atoms with Gasteiger partial charge in [0.1, 0.15) is 11.9 Å². The van der Waals surface area contributed by atoms with Crippen LogP contribution in [0.5, 0.6) is 0 Å². The van der Waals surface area contributed by atoms with Crippen LogP contribution in [-0.4, -0.2) is 31.7 Å². The highest BCUT2D eigenvalue weighted by molar-refractivity contribution is 7.89. The maximum atomic E-state index is 11.2. The number of anilines is 1. The maximum Gasteiger partial charge on any atom is 0.213 e. The first-order valence-corrected chi connectivity index (χ1v) is 7.24. The Bertz CT molecular complexity index is 611. The highest BCUT2D eigenvalue weighted by atomic mass is 35.5. The summed E-state index contributed by atoms with van der Waals surface area (Å²) in [5.41, 5.74) is 0.133. The van der Waals surface area contributed by atoms with E-state index in [1.165, 1.54) is 0 Å². The Labute approximate surface area is 110 Å². The van der Waals surface area contributed by atoms with Crippen LogP contribution in [0.15, 0.2) is 12.1 Å². The number of nitriles is 1. The van der Waals surface area contributed by atoms with Crippen LogP contribution in [0.1, 0.15) is 12.1 Å². The third-order valence-electron chi connectivity index (χ3n) is 2.87. The molecule has 0 bridgehead atoms. The molecule has 0 aliphatic carbocycles. The molecular formula is C10H11ClN4O2S. The quantitative estimate of drug-likeness (QED) is 0.852. The lowest BCUT2D eigenvalue weighted by molar-refractivity contribution is 0.585. The van der Waals surface area contributed by atoms with Crippen LogP contribution in [0.25, 0.3) is 0 Å². The summed E-state index contributed by atoms with van der Waals surface area (Å²) >= 11 is 5.78. The molecule has 2 N–H and O–H groups in total. The molecule has 1 unspecified atom stereocenters. The number of rotatable bonds is 2. The van der Waals surface area contributed by atoms with Crippen LogP contribution in [0, 0.1) is 11.3 Å². The van der Waals surface area contributed by atoms with Crippen LogP contribution < -0.4 is 10.0 Å². The highest BCUT2D eigenvalue weighted by Crippen LogP contribution is 2.23. The number of hydrogen-bond donors (Lipinski definition) is 1. The van der Waals surface area contributed by atoms with E-state index in [0.717, 1.165) is 0 Å². The number of pyridine rings is 1. The molecule has 0 aromatic carbocycles. The number of hydrogen-bond acceptors (Lipinski definition) is 5. The smallest absolute Gasteiger partial charge is 0.213 e. The fourth-order valence-electron chi connectivity index (χ4n) is 1.89. The summed E-state index contributed by atoms with van der Waals surface area (Å²) in [4.78, 5) is 5.87. The zero-order valence-corrected chi connectivity index (χ0v) is 10.9. The van der Waals surface area contributed by atoms with Crippen LogP contribution in [0.4, 0.5) is 5.82 Å². The number of aromatic nitrogens is 1. The molecule has 6 nitrogen and oxygen atoms in total. The van der Waals surface area contributed by atoms with E-state index >= 15 is 0 Å². The SMILES string of the molecule is N#Cc1nc(N2CCC(S(N)(=O)=O)C2)ccc1Cl. The molecule has 1 atom stereocenters. The zero-order chi connectivity index (χ0) is 13.3. The van der Waals surface area contributed by atoms with Gasteiger partial charge in [-0.05, 0) is 18.6 Å². The third-order valence-corrected chi connectivity index (χ3v) is 4.49. The van der Waals surface area contributed by atoms with Gasteiger partial charge in [-0.25, -0.2) is 18.5 Å². The third kappa shape index (κ3) is 2.56. The monoisotopic (exact) mass is 286 g/mol. The Morgan fingerprint density at radius 2 is 2.28 bits per heavy atom. The Balaban J connectivity index is 2.23. The predicted molar refractivity (Wildman–Crippen MR) is 67.7 cm³/mol. The van der Waals surface area contributed by atoms with Gasteiger partial charge in [0.25, 0.3) is 0 Å². The minimum Gasteiger partial charge on any atom is -0.355 e. The van der Waals surface area contributed by atoms with Gasteiger partial charge in [0.2, 0.25) is 10.0 Å². The summed E-state index contributed by atoms with van der Waals surface area (Å²) in [7, 11) is -3.53. The van der Waals surface area contributed by atoms with Gasteiger partial charge >= 0.3 is 0 Å². The van der Waals surface area contributed by atoms with Crippen molar-refractivity contribution in [1.29, 1.82) is 5.26 Å². The molecule has 2 heterocycles. The van der Waals surface area contributed by atoms with Crippen molar-refractivity contribution in [3.05, 3.63) is 22.8 Å². The van der Waals surface area contributed by atoms with Crippen molar-refractivity contribution >= 4 is 27.4 Å². The van der Waals surface area contributed by atoms with E-state index in [0.29, 0.717) is 25.3 Å². The van der Waals surface area contributed by atoms with Crippen molar-refractivity contribution < 1.29 is 8.42 Å². The number of sulfonamides is 1. The van der Waals surface area contributed by atoms with Crippen LogP contribution >= 0.6 is 11.6 Å². The summed E-state index contributed by atoms with van der Waals surface area (Å²) in [6.45, 7) is 0.832. The lowest BCUT2D eigenvalue weighted by atomic mass is 10.3. The molecule has 1 saturated heterocycles. The minimum absolute atomic E-state index is 0.133. The zero-order valence-electron chi connectivity index (χ0n) is 9.38. The van der Waals surface area contributed by atoms with Crippen molar-refractivity contribution in [2.24, 2.45) is 5.14 Å². The molecule has 1 aromatic heterocycles. The molecule has 2 rings (SSSR count). The predicted octanol–water partition coefficient (Wildman–Crippen LogP) is 0.474. The van der Waals surface area contributed by atoms with Crippen molar-refractivity contribution in [2.75, 3.05) is 18.0 Å². The summed E-state index contributed by atoms with van der Waals surface area (Å²) < 4.78 is 22.5. The average molecular weight is 287 g/mol. The fraction of sp³-hybridized carbons (Fsp3) is 0.400. The van der Waals surface area contributed by atoms with Crippen LogP contribution in [0.2, 0.25) is 5.02 Å². The number of primary sulfonamides is 1. The first-order valence-electron chi connectivity index (χ1n) is 5.25. The summed E-state index contributed by atoms with van der Waals surface area (Å²) in [5.74, 6) is 0.544. The molecule has 0 saturated carbocycles. The van der Waals surface area contributed by atoms with Gasteiger partial charge in [0.15, 0.2) is 5.69 Å². The number of halogens is 1. The van der Waals surface area contributed by atoms with E-state index in [1.807, 2.05) is 6.07 Å². The molecule has 0 radical (unpaired) electrons. The van der Waals surface area contributed by atoms with Gasteiger partial charge in [-0.3, -0.25) is 0 Å². The first kappa shape index (κ1) is 13.1. The van der Waals surface area contributed by atoms with Crippen molar-refractivity contribution in [3.63, 3.8) is 0 Å². The average Bonchev–Trinajstić information content (AvgIpc) is 2.78. The second-order valence-corrected chi connectivity index (χ2v) is 6.31. The van der Waals surface area contributed by atoms with Crippen LogP contribution in [-0.2, 0) is 10.0 Å². The molecular weight excluding hydrogens is 276 g/mol. The summed E-state index contributed by atoms with van der Waals surface area (Å²) in [6, 6.07) is 5.13. The molecule has 1 aliphatic rings. The fourth-order valence-corrected chi connectivity index (χ4v) is 2.86. The molecule has 1 aromatic rings. The van der Waals surface area contributed by atoms with Gasteiger partial charge in [-0.2, -0.15) is 5.26 Å². The van der Waals surface area contributed by atoms with E-state index in [-0.39, 0.29) is 10.7 Å². The van der Waals surface area contributed by atoms with Crippen molar-refractivity contribution in [1.82, 2.24) is 4.98 Å². The summed E-state index contributed by atoms with van der Waals surface area (Å²) in [5, 5.41) is 13.6. The minimum atomic E-state index is -3.53. The Hall–Kier alpha value is -1.36. The maximum absolute atomic E-state index is 11.2. The van der Waals surface area contributed by atoms with E-state index in [9.17, 15) is 8.42 Å². The van der Waals surface area contributed by atoms with Crippen molar-refractivity contribution in [3.8, 4) is 6.07 Å². The Morgan fingerprint density at radius 3 is 2.83 bits per heavy atom. The first-order chi connectivity index (χ1) is 8.41. The molecule has 0 spiro atoms. The summed E-state index contributed by atoms with van der Waals surface area (Å²) in [6.07, 6.45) is 0.463. The second kappa shape index (κ2) is 4.72. The Morgan fingerprint density at radius 1 is 1.56 bits per heavy atom. The highest BCUT2D eigenvalue weighted by Gasteiger charge is 2.31. The number of nitrogens with zero attached hydrogens (tertiary/aromatic N) is 3. The Kier molecular flexibility index (Phi) is 3.43. The lowest BCUT2D eigenvalue weighted by Crippen LogP contribution is -2.32. The standard InChI is InChI=1S/C10H11ClN4O2S/c11-8-1-2-10(14-9(8)5-12)15-4-3-7(6-15)18(13,16)17/h1-2,7H,3-4,6H2,(H2,13,16,17).